The highest BCUT2D eigenvalue weighted by Crippen LogP contribution is 2.30. The Labute approximate surface area is 136 Å². The van der Waals surface area contributed by atoms with Crippen molar-refractivity contribution in [1.29, 1.82) is 0 Å². The van der Waals surface area contributed by atoms with Crippen LogP contribution in [-0.2, 0) is 19.6 Å². The summed E-state index contributed by atoms with van der Waals surface area (Å²) in [7, 11) is -3.56. The van der Waals surface area contributed by atoms with Gasteiger partial charge in [0.25, 0.3) is 5.91 Å². The molecule has 1 aromatic rings. The Kier molecular flexibility index (Phi) is 3.96. The van der Waals surface area contributed by atoms with Gasteiger partial charge in [0.2, 0.25) is 10.0 Å². The van der Waals surface area contributed by atoms with Crippen LogP contribution in [0.15, 0.2) is 33.6 Å². The van der Waals surface area contributed by atoms with Gasteiger partial charge < -0.3 is 4.74 Å². The molecule has 7 nitrogen and oxygen atoms in total. The predicted octanol–water partition coefficient (Wildman–Crippen LogP) is 1.05. The van der Waals surface area contributed by atoms with E-state index in [1.54, 1.807) is 18.2 Å². The SMILES string of the molecule is O=C1COC(=O)N1CC1CN(S(=O)(=O)c2ccccc2Br)C1. The summed E-state index contributed by atoms with van der Waals surface area (Å²) in [5.41, 5.74) is 0. The van der Waals surface area contributed by atoms with E-state index in [0.29, 0.717) is 4.47 Å². The van der Waals surface area contributed by atoms with E-state index in [0.717, 1.165) is 4.90 Å². The molecule has 0 unspecified atom stereocenters. The molecule has 22 heavy (non-hydrogen) atoms. The number of carbonyl (C=O) groups is 2. The Hall–Kier alpha value is -1.45. The van der Waals surface area contributed by atoms with Gasteiger partial charge in [0.05, 0.1) is 4.90 Å². The lowest BCUT2D eigenvalue weighted by atomic mass is 10.0. The fourth-order valence-corrected chi connectivity index (χ4v) is 5.00. The lowest BCUT2D eigenvalue weighted by molar-refractivity contribution is -0.126. The molecular formula is C13H13BrN2O5S. The number of cyclic esters (lactones) is 1. The van der Waals surface area contributed by atoms with Crippen molar-refractivity contribution in [3.05, 3.63) is 28.7 Å². The van der Waals surface area contributed by atoms with Crippen molar-refractivity contribution in [3.8, 4) is 0 Å². The number of sulfonamides is 1. The first kappa shape index (κ1) is 15.4. The van der Waals surface area contributed by atoms with Gasteiger partial charge in [-0.1, -0.05) is 12.1 Å². The van der Waals surface area contributed by atoms with E-state index in [-0.39, 0.29) is 43.0 Å². The molecule has 0 radical (unpaired) electrons. The minimum Gasteiger partial charge on any atom is -0.439 e. The molecule has 0 spiro atoms. The van der Waals surface area contributed by atoms with Crippen molar-refractivity contribution in [3.63, 3.8) is 0 Å². The second-order valence-corrected chi connectivity index (χ2v) is 7.94. The number of benzene rings is 1. The molecule has 0 bridgehead atoms. The van der Waals surface area contributed by atoms with E-state index in [2.05, 4.69) is 20.7 Å². The molecule has 0 saturated carbocycles. The Morgan fingerprint density at radius 2 is 1.91 bits per heavy atom. The van der Waals surface area contributed by atoms with Crippen LogP contribution in [0.25, 0.3) is 0 Å². The van der Waals surface area contributed by atoms with Crippen molar-refractivity contribution in [2.24, 2.45) is 5.92 Å². The fraction of sp³-hybridized carbons (Fsp3) is 0.385. The topological polar surface area (TPSA) is 84.0 Å². The second kappa shape index (κ2) is 5.64. The number of rotatable bonds is 4. The molecule has 3 rings (SSSR count). The van der Waals surface area contributed by atoms with Crippen LogP contribution >= 0.6 is 15.9 Å². The van der Waals surface area contributed by atoms with Crippen LogP contribution in [0.5, 0.6) is 0 Å². The smallest absolute Gasteiger partial charge is 0.417 e. The lowest BCUT2D eigenvalue weighted by Crippen LogP contribution is -2.54. The molecule has 1 aromatic carbocycles. The molecular weight excluding hydrogens is 376 g/mol. The van der Waals surface area contributed by atoms with E-state index < -0.39 is 16.1 Å². The summed E-state index contributed by atoms with van der Waals surface area (Å²) < 4.78 is 31.4. The van der Waals surface area contributed by atoms with Gasteiger partial charge in [-0.3, -0.25) is 4.79 Å². The number of imide groups is 1. The normalized spacial score (nSPS) is 20.1. The maximum absolute atomic E-state index is 12.5. The van der Waals surface area contributed by atoms with Gasteiger partial charge in [0, 0.05) is 30.0 Å². The monoisotopic (exact) mass is 388 g/mol. The number of carbonyl (C=O) groups excluding carboxylic acids is 2. The van der Waals surface area contributed by atoms with Crippen molar-refractivity contribution in [2.75, 3.05) is 26.2 Å². The molecule has 2 fully saturated rings. The van der Waals surface area contributed by atoms with Crippen molar-refractivity contribution < 1.29 is 22.7 Å². The van der Waals surface area contributed by atoms with Gasteiger partial charge in [-0.2, -0.15) is 4.31 Å². The fourth-order valence-electron chi connectivity index (χ4n) is 2.44. The first-order valence-corrected chi connectivity index (χ1v) is 8.84. The average molecular weight is 389 g/mol. The minimum atomic E-state index is -3.56. The van der Waals surface area contributed by atoms with Crippen LogP contribution in [0, 0.1) is 5.92 Å². The summed E-state index contributed by atoms with van der Waals surface area (Å²) in [5, 5.41) is 0. The highest BCUT2D eigenvalue weighted by Gasteiger charge is 2.41. The third kappa shape index (κ3) is 2.64. The predicted molar refractivity (Wildman–Crippen MR) is 79.5 cm³/mol. The zero-order valence-electron chi connectivity index (χ0n) is 11.4. The molecule has 0 atom stereocenters. The average Bonchev–Trinajstić information content (AvgIpc) is 2.73. The molecule has 0 aliphatic carbocycles. The molecule has 2 aliphatic rings. The Morgan fingerprint density at radius 3 is 2.50 bits per heavy atom. The molecule has 2 heterocycles. The summed E-state index contributed by atoms with van der Waals surface area (Å²) >= 11 is 3.24. The van der Waals surface area contributed by atoms with Gasteiger partial charge in [-0.25, -0.2) is 18.1 Å². The minimum absolute atomic E-state index is 0.0631. The molecule has 2 aliphatic heterocycles. The maximum Gasteiger partial charge on any atom is 0.417 e. The van der Waals surface area contributed by atoms with Crippen LogP contribution in [0.3, 0.4) is 0 Å². The van der Waals surface area contributed by atoms with Crippen LogP contribution in [0.2, 0.25) is 0 Å². The van der Waals surface area contributed by atoms with E-state index in [9.17, 15) is 18.0 Å². The summed E-state index contributed by atoms with van der Waals surface area (Å²) in [5.74, 6) is -0.441. The Bertz CT molecular complexity index is 714. The van der Waals surface area contributed by atoms with Gasteiger partial charge in [-0.05, 0) is 28.1 Å². The summed E-state index contributed by atoms with van der Waals surface area (Å²) in [6.07, 6.45) is -0.655. The quantitative estimate of drug-likeness (QED) is 0.769. The van der Waals surface area contributed by atoms with Gasteiger partial charge in [-0.15, -0.1) is 0 Å². The number of nitrogens with zero attached hydrogens (tertiary/aromatic N) is 2. The highest BCUT2D eigenvalue weighted by molar-refractivity contribution is 9.10. The Balaban J connectivity index is 1.65. The summed E-state index contributed by atoms with van der Waals surface area (Å²) in [4.78, 5) is 24.0. The maximum atomic E-state index is 12.5. The third-order valence-electron chi connectivity index (χ3n) is 3.66. The number of amides is 2. The van der Waals surface area contributed by atoms with E-state index >= 15 is 0 Å². The van der Waals surface area contributed by atoms with Gasteiger partial charge in [0.1, 0.15) is 0 Å². The van der Waals surface area contributed by atoms with Gasteiger partial charge >= 0.3 is 6.09 Å². The first-order valence-electron chi connectivity index (χ1n) is 6.61. The molecule has 118 valence electrons. The second-order valence-electron chi connectivity index (χ2n) is 5.18. The van der Waals surface area contributed by atoms with Gasteiger partial charge in [0.15, 0.2) is 6.61 Å². The highest BCUT2D eigenvalue weighted by atomic mass is 79.9. The summed E-state index contributed by atoms with van der Waals surface area (Å²) in [6.45, 7) is 0.519. The number of ether oxygens (including phenoxy) is 1. The van der Waals surface area contributed by atoms with Crippen molar-refractivity contribution in [2.45, 2.75) is 4.90 Å². The Morgan fingerprint density at radius 1 is 1.23 bits per heavy atom. The van der Waals surface area contributed by atoms with Crippen LogP contribution in [0.1, 0.15) is 0 Å². The number of hydrogen-bond donors (Lipinski definition) is 0. The number of halogens is 1. The summed E-state index contributed by atoms with van der Waals surface area (Å²) in [6, 6.07) is 6.61. The first-order chi connectivity index (χ1) is 10.4. The third-order valence-corrected chi connectivity index (χ3v) is 6.50. The van der Waals surface area contributed by atoms with Crippen molar-refractivity contribution >= 4 is 38.0 Å². The molecule has 0 aromatic heterocycles. The van der Waals surface area contributed by atoms with E-state index in [1.165, 1.54) is 10.4 Å². The molecule has 0 N–H and O–H groups in total. The van der Waals surface area contributed by atoms with Crippen LogP contribution < -0.4 is 0 Å². The molecule has 2 amide bonds. The van der Waals surface area contributed by atoms with E-state index in [1.807, 2.05) is 0 Å². The van der Waals surface area contributed by atoms with Crippen molar-refractivity contribution in [1.82, 2.24) is 9.21 Å². The van der Waals surface area contributed by atoms with E-state index in [4.69, 9.17) is 0 Å². The molecule has 9 heteroatoms. The standard InChI is InChI=1S/C13H13BrN2O5S/c14-10-3-1-2-4-11(10)22(19,20)15-5-9(6-15)7-16-12(17)8-21-13(16)18/h1-4,9H,5-8H2. The zero-order chi connectivity index (χ0) is 15.9. The lowest BCUT2D eigenvalue weighted by Gasteiger charge is -2.39. The van der Waals surface area contributed by atoms with Crippen LogP contribution in [0.4, 0.5) is 4.79 Å². The largest absolute Gasteiger partial charge is 0.439 e. The van der Waals surface area contributed by atoms with Crippen LogP contribution in [-0.4, -0.2) is 55.9 Å². The zero-order valence-corrected chi connectivity index (χ0v) is 13.8. The number of hydrogen-bond acceptors (Lipinski definition) is 5. The molecule has 2 saturated heterocycles.